The molecule has 2 aromatic heterocycles. The van der Waals surface area contributed by atoms with Crippen molar-refractivity contribution in [3.05, 3.63) is 18.3 Å². The van der Waals surface area contributed by atoms with Gasteiger partial charge in [-0.3, -0.25) is 0 Å². The summed E-state index contributed by atoms with van der Waals surface area (Å²) in [4.78, 5) is 17.2. The van der Waals surface area contributed by atoms with Crippen LogP contribution >= 0.6 is 0 Å². The number of carbonyl (C=O) groups excluding carboxylic acids is 1. The van der Waals surface area contributed by atoms with Gasteiger partial charge in [0.1, 0.15) is 17.2 Å². The average molecular weight is 334 g/mol. The Kier molecular flexibility index (Phi) is 5.48. The van der Waals surface area contributed by atoms with E-state index < -0.39 is 0 Å². The van der Waals surface area contributed by atoms with E-state index in [1.54, 1.807) is 22.7 Å². The summed E-state index contributed by atoms with van der Waals surface area (Å²) in [5.41, 5.74) is 6.00. The number of likely N-dealkylation sites (tertiary alicyclic amines) is 1. The fraction of sp³-hybridized carbons (Fsp3) is 0.562. The van der Waals surface area contributed by atoms with Gasteiger partial charge in [-0.1, -0.05) is 0 Å². The van der Waals surface area contributed by atoms with Crippen LogP contribution < -0.4 is 11.1 Å². The zero-order valence-electron chi connectivity index (χ0n) is 14.7. The molecule has 24 heavy (non-hydrogen) atoms. The second kappa shape index (κ2) is 7.37. The van der Waals surface area contributed by atoms with Crippen LogP contribution in [0.5, 0.6) is 0 Å². The second-order valence-corrected chi connectivity index (χ2v) is 6.60. The van der Waals surface area contributed by atoms with Crippen LogP contribution in [0.1, 0.15) is 33.6 Å². The monoisotopic (exact) mass is 334 g/mol. The minimum atomic E-state index is -0.361. The van der Waals surface area contributed by atoms with E-state index in [-0.39, 0.29) is 11.7 Å². The number of ether oxygens (including phenoxy) is 1. The Morgan fingerprint density at radius 2 is 1.96 bits per heavy atom. The maximum absolute atomic E-state index is 11.4. The van der Waals surface area contributed by atoms with Crippen molar-refractivity contribution in [2.75, 3.05) is 31.2 Å². The molecule has 0 spiro atoms. The lowest BCUT2D eigenvalue weighted by Gasteiger charge is -2.23. The summed E-state index contributed by atoms with van der Waals surface area (Å²) >= 11 is 0. The zero-order chi connectivity index (χ0) is 17.7. The molecular weight excluding hydrogens is 308 g/mol. The zero-order valence-corrected chi connectivity index (χ0v) is 14.7. The highest BCUT2D eigenvalue weighted by Gasteiger charge is 2.23. The number of imidazole rings is 1. The molecule has 8 nitrogen and oxygen atoms in total. The van der Waals surface area contributed by atoms with Gasteiger partial charge in [-0.15, -0.1) is 5.10 Å². The van der Waals surface area contributed by atoms with Gasteiger partial charge in [-0.05, 0) is 45.7 Å². The van der Waals surface area contributed by atoms with Crippen molar-refractivity contribution in [1.82, 2.24) is 19.5 Å². The molecule has 8 heteroatoms. The van der Waals surface area contributed by atoms with Crippen molar-refractivity contribution < 1.29 is 9.53 Å². The Balaban J connectivity index is 0.000000174. The third-order valence-electron chi connectivity index (χ3n) is 3.40. The van der Waals surface area contributed by atoms with Crippen molar-refractivity contribution in [1.29, 1.82) is 0 Å². The van der Waals surface area contributed by atoms with Crippen LogP contribution in [-0.2, 0) is 4.74 Å². The highest BCUT2D eigenvalue weighted by Crippen LogP contribution is 2.14. The van der Waals surface area contributed by atoms with E-state index in [0.717, 1.165) is 37.4 Å². The third kappa shape index (κ3) is 4.74. The minimum absolute atomic E-state index is 0.167. The van der Waals surface area contributed by atoms with Crippen LogP contribution in [0, 0.1) is 0 Å². The molecule has 0 bridgehead atoms. The molecule has 1 amide bonds. The molecule has 0 radical (unpaired) electrons. The summed E-state index contributed by atoms with van der Waals surface area (Å²) < 4.78 is 6.80. The first-order chi connectivity index (χ1) is 11.3. The van der Waals surface area contributed by atoms with Crippen molar-refractivity contribution >= 4 is 23.4 Å². The van der Waals surface area contributed by atoms with Gasteiger partial charge < -0.3 is 20.7 Å². The lowest BCUT2D eigenvalue weighted by atomic mass is 10.2. The van der Waals surface area contributed by atoms with Crippen LogP contribution in [-0.4, -0.2) is 51.3 Å². The summed E-state index contributed by atoms with van der Waals surface area (Å²) in [7, 11) is 1.81. The SMILES string of the molecule is CC(C)(C)OC(=O)N1CCCC1.CNc1ccc2ncc(N)n2n1. The highest BCUT2D eigenvalue weighted by molar-refractivity contribution is 5.68. The molecule has 132 valence electrons. The van der Waals surface area contributed by atoms with E-state index in [4.69, 9.17) is 10.5 Å². The number of nitrogens with two attached hydrogens (primary N) is 1. The molecule has 0 aromatic carbocycles. The predicted molar refractivity (Wildman–Crippen MR) is 94.0 cm³/mol. The van der Waals surface area contributed by atoms with Gasteiger partial charge in [-0.2, -0.15) is 4.52 Å². The summed E-state index contributed by atoms with van der Waals surface area (Å²) in [5, 5.41) is 7.09. The van der Waals surface area contributed by atoms with E-state index in [1.807, 2.05) is 32.9 Å². The molecule has 3 N–H and O–H groups in total. The topological polar surface area (TPSA) is 97.8 Å². The molecule has 1 saturated heterocycles. The lowest BCUT2D eigenvalue weighted by molar-refractivity contribution is 0.0295. The van der Waals surface area contributed by atoms with Gasteiger partial charge in [0.15, 0.2) is 5.65 Å². The van der Waals surface area contributed by atoms with Gasteiger partial charge in [-0.25, -0.2) is 9.78 Å². The molecule has 0 atom stereocenters. The molecular formula is C16H26N6O2. The van der Waals surface area contributed by atoms with Gasteiger partial charge in [0.2, 0.25) is 0 Å². The second-order valence-electron chi connectivity index (χ2n) is 6.60. The summed E-state index contributed by atoms with van der Waals surface area (Å²) in [6.07, 6.45) is 3.64. The van der Waals surface area contributed by atoms with Crippen molar-refractivity contribution in [2.45, 2.75) is 39.2 Å². The predicted octanol–water partition coefficient (Wildman–Crippen LogP) is 2.37. The molecule has 2 aromatic rings. The van der Waals surface area contributed by atoms with E-state index in [1.165, 1.54) is 0 Å². The Morgan fingerprint density at radius 1 is 1.29 bits per heavy atom. The number of carbonyl (C=O) groups is 1. The van der Waals surface area contributed by atoms with Crippen molar-refractivity contribution in [3.63, 3.8) is 0 Å². The standard InChI is InChI=1S/C9H17NO2.C7H9N5/c1-9(2,3)12-8(11)10-6-4-5-7-10;1-9-6-2-3-7-10-4-5(8)12(7)11-6/h4-7H2,1-3H3;2-4H,8H2,1H3,(H,9,11). The number of nitrogens with zero attached hydrogens (tertiary/aromatic N) is 4. The van der Waals surface area contributed by atoms with E-state index in [2.05, 4.69) is 15.4 Å². The molecule has 1 aliphatic rings. The van der Waals surface area contributed by atoms with Crippen LogP contribution in [0.2, 0.25) is 0 Å². The summed E-state index contributed by atoms with van der Waals surface area (Å²) in [5.74, 6) is 1.31. The number of amides is 1. The first-order valence-corrected chi connectivity index (χ1v) is 8.06. The molecule has 1 aliphatic heterocycles. The number of nitrogen functional groups attached to an aromatic ring is 1. The Hall–Kier alpha value is -2.51. The maximum Gasteiger partial charge on any atom is 0.410 e. The number of nitrogens with one attached hydrogen (secondary N) is 1. The average Bonchev–Trinajstić information content (AvgIpc) is 3.16. The number of fused-ring (bicyclic) bond motifs is 1. The largest absolute Gasteiger partial charge is 0.444 e. The summed E-state index contributed by atoms with van der Waals surface area (Å²) in [6, 6.07) is 3.71. The first-order valence-electron chi connectivity index (χ1n) is 8.06. The number of rotatable bonds is 1. The fourth-order valence-corrected chi connectivity index (χ4v) is 2.25. The smallest absolute Gasteiger partial charge is 0.410 e. The maximum atomic E-state index is 11.4. The Morgan fingerprint density at radius 3 is 2.54 bits per heavy atom. The molecule has 0 aliphatic carbocycles. The fourth-order valence-electron chi connectivity index (χ4n) is 2.25. The molecule has 3 rings (SSSR count). The van der Waals surface area contributed by atoms with Gasteiger partial charge in [0.25, 0.3) is 0 Å². The molecule has 0 saturated carbocycles. The van der Waals surface area contributed by atoms with Crippen LogP contribution in [0.4, 0.5) is 16.4 Å². The van der Waals surface area contributed by atoms with Gasteiger partial charge in [0, 0.05) is 20.1 Å². The van der Waals surface area contributed by atoms with Gasteiger partial charge >= 0.3 is 6.09 Å². The van der Waals surface area contributed by atoms with Crippen LogP contribution in [0.3, 0.4) is 0 Å². The first kappa shape index (κ1) is 17.8. The van der Waals surface area contributed by atoms with Crippen LogP contribution in [0.15, 0.2) is 18.3 Å². The van der Waals surface area contributed by atoms with E-state index in [9.17, 15) is 4.79 Å². The van der Waals surface area contributed by atoms with E-state index in [0.29, 0.717) is 5.82 Å². The van der Waals surface area contributed by atoms with Gasteiger partial charge in [0.05, 0.1) is 6.20 Å². The number of aromatic nitrogens is 3. The third-order valence-corrected chi connectivity index (χ3v) is 3.40. The normalized spacial score (nSPS) is 14.2. The quantitative estimate of drug-likeness (QED) is 0.831. The van der Waals surface area contributed by atoms with Crippen molar-refractivity contribution in [2.24, 2.45) is 0 Å². The summed E-state index contributed by atoms with van der Waals surface area (Å²) in [6.45, 7) is 7.38. The minimum Gasteiger partial charge on any atom is -0.444 e. The molecule has 1 fully saturated rings. The lowest BCUT2D eigenvalue weighted by Crippen LogP contribution is -2.34. The number of hydrogen-bond acceptors (Lipinski definition) is 6. The molecule has 3 heterocycles. The Labute approximate surface area is 142 Å². The number of hydrogen-bond donors (Lipinski definition) is 2. The van der Waals surface area contributed by atoms with Crippen molar-refractivity contribution in [3.8, 4) is 0 Å². The van der Waals surface area contributed by atoms with E-state index >= 15 is 0 Å². The number of anilines is 2. The van der Waals surface area contributed by atoms with Crippen LogP contribution in [0.25, 0.3) is 5.65 Å². The highest BCUT2D eigenvalue weighted by atomic mass is 16.6. The Bertz CT molecular complexity index is 685. The molecule has 0 unspecified atom stereocenters.